The first-order valence-electron chi connectivity index (χ1n) is 7.62. The van der Waals surface area contributed by atoms with Gasteiger partial charge >= 0.3 is 0 Å². The van der Waals surface area contributed by atoms with E-state index in [1.54, 1.807) is 34.8 Å². The second kappa shape index (κ2) is 7.92. The second-order valence-corrected chi connectivity index (χ2v) is 8.09. The summed E-state index contributed by atoms with van der Waals surface area (Å²) < 4.78 is 0. The van der Waals surface area contributed by atoms with E-state index >= 15 is 0 Å². The van der Waals surface area contributed by atoms with Crippen LogP contribution in [0.2, 0.25) is 5.02 Å². The smallest absolute Gasteiger partial charge is 0.224 e. The molecule has 0 aliphatic rings. The largest absolute Gasteiger partial charge is 0.355 e. The standard InChI is InChI=1S/C18H17ClN2OS2/c1-12-21-16(11-23-12)17-7-6-15(24-17)8-9-20-18(22)10-13-2-4-14(19)5-3-13/h2-7,11H,8-10H2,1H3,(H,20,22). The maximum atomic E-state index is 12.0. The Morgan fingerprint density at radius 1 is 1.21 bits per heavy atom. The molecule has 6 heteroatoms. The van der Waals surface area contributed by atoms with Crippen LogP contribution in [0.25, 0.3) is 10.6 Å². The lowest BCUT2D eigenvalue weighted by Gasteiger charge is -2.04. The van der Waals surface area contributed by atoms with Crippen molar-refractivity contribution in [2.75, 3.05) is 6.54 Å². The van der Waals surface area contributed by atoms with Gasteiger partial charge in [-0.3, -0.25) is 4.79 Å². The van der Waals surface area contributed by atoms with Crippen molar-refractivity contribution >= 4 is 40.2 Å². The Morgan fingerprint density at radius 3 is 2.71 bits per heavy atom. The summed E-state index contributed by atoms with van der Waals surface area (Å²) in [5, 5.41) is 6.81. The van der Waals surface area contributed by atoms with E-state index in [4.69, 9.17) is 11.6 Å². The number of nitrogens with zero attached hydrogens (tertiary/aromatic N) is 1. The van der Waals surface area contributed by atoms with Crippen LogP contribution in [0.1, 0.15) is 15.4 Å². The molecule has 3 nitrogen and oxygen atoms in total. The highest BCUT2D eigenvalue weighted by molar-refractivity contribution is 7.16. The molecular weight excluding hydrogens is 360 g/mol. The van der Waals surface area contributed by atoms with Crippen LogP contribution >= 0.6 is 34.3 Å². The summed E-state index contributed by atoms with van der Waals surface area (Å²) in [6.07, 6.45) is 1.21. The molecule has 2 heterocycles. The molecule has 0 aliphatic carbocycles. The maximum absolute atomic E-state index is 12.0. The molecule has 1 aromatic carbocycles. The molecular formula is C18H17ClN2OS2. The topological polar surface area (TPSA) is 42.0 Å². The molecule has 1 N–H and O–H groups in total. The molecule has 24 heavy (non-hydrogen) atoms. The lowest BCUT2D eigenvalue weighted by atomic mass is 10.1. The number of hydrogen-bond donors (Lipinski definition) is 1. The molecule has 0 radical (unpaired) electrons. The Balaban J connectivity index is 1.47. The molecule has 0 bridgehead atoms. The molecule has 0 fully saturated rings. The van der Waals surface area contributed by atoms with Crippen molar-refractivity contribution in [2.24, 2.45) is 0 Å². The van der Waals surface area contributed by atoms with Crippen LogP contribution in [0.15, 0.2) is 41.8 Å². The Hall–Kier alpha value is -1.69. The van der Waals surface area contributed by atoms with E-state index in [0.717, 1.165) is 22.7 Å². The van der Waals surface area contributed by atoms with Gasteiger partial charge in [0, 0.05) is 21.8 Å². The second-order valence-electron chi connectivity index (χ2n) is 5.42. The summed E-state index contributed by atoms with van der Waals surface area (Å²) in [5.41, 5.74) is 2.01. The van der Waals surface area contributed by atoms with Crippen molar-refractivity contribution in [3.63, 3.8) is 0 Å². The van der Waals surface area contributed by atoms with Crippen molar-refractivity contribution in [2.45, 2.75) is 19.8 Å². The molecule has 3 rings (SSSR count). The van der Waals surface area contributed by atoms with Gasteiger partial charge in [-0.2, -0.15) is 0 Å². The van der Waals surface area contributed by atoms with Crippen molar-refractivity contribution in [3.8, 4) is 10.6 Å². The summed E-state index contributed by atoms with van der Waals surface area (Å²) in [5.74, 6) is 0.0317. The number of carbonyl (C=O) groups excluding carboxylic acids is 1. The summed E-state index contributed by atoms with van der Waals surface area (Å²) >= 11 is 9.24. The zero-order valence-corrected chi connectivity index (χ0v) is 15.6. The number of halogens is 1. The number of amides is 1. The molecule has 1 amide bonds. The number of aromatic nitrogens is 1. The van der Waals surface area contributed by atoms with Crippen LogP contribution in [-0.2, 0) is 17.6 Å². The average molecular weight is 377 g/mol. The number of rotatable bonds is 6. The summed E-state index contributed by atoms with van der Waals surface area (Å²) in [6.45, 7) is 2.65. The van der Waals surface area contributed by atoms with Gasteiger partial charge in [0.2, 0.25) is 5.91 Å². The Morgan fingerprint density at radius 2 is 2.00 bits per heavy atom. The van der Waals surface area contributed by atoms with Crippen molar-refractivity contribution in [1.82, 2.24) is 10.3 Å². The Bertz CT molecular complexity index is 824. The fourth-order valence-electron chi connectivity index (χ4n) is 2.30. The summed E-state index contributed by atoms with van der Waals surface area (Å²) in [6, 6.07) is 11.6. The fraction of sp³-hybridized carbons (Fsp3) is 0.222. The minimum Gasteiger partial charge on any atom is -0.355 e. The zero-order chi connectivity index (χ0) is 16.9. The number of carbonyl (C=O) groups is 1. The van der Waals surface area contributed by atoms with Gasteiger partial charge in [0.05, 0.1) is 22.0 Å². The average Bonchev–Trinajstić information content (AvgIpc) is 3.18. The molecule has 0 unspecified atom stereocenters. The number of thiazole rings is 1. The van der Waals surface area contributed by atoms with Crippen molar-refractivity contribution in [3.05, 3.63) is 62.2 Å². The van der Waals surface area contributed by atoms with Gasteiger partial charge in [-0.1, -0.05) is 23.7 Å². The molecule has 3 aromatic rings. The predicted molar refractivity (Wildman–Crippen MR) is 102 cm³/mol. The highest BCUT2D eigenvalue weighted by Crippen LogP contribution is 2.29. The number of benzene rings is 1. The number of aryl methyl sites for hydroxylation is 1. The third-order valence-electron chi connectivity index (χ3n) is 3.50. The quantitative estimate of drug-likeness (QED) is 0.675. The van der Waals surface area contributed by atoms with Gasteiger partial charge in [0.15, 0.2) is 0 Å². The van der Waals surface area contributed by atoms with E-state index in [0.29, 0.717) is 18.0 Å². The predicted octanol–water partition coefficient (Wildman–Crippen LogP) is 4.73. The number of hydrogen-bond acceptors (Lipinski definition) is 4. The normalized spacial score (nSPS) is 10.8. The number of thiophene rings is 1. The molecule has 0 spiro atoms. The Kier molecular flexibility index (Phi) is 5.66. The van der Waals surface area contributed by atoms with Crippen LogP contribution in [0.3, 0.4) is 0 Å². The van der Waals surface area contributed by atoms with E-state index in [1.165, 1.54) is 9.75 Å². The van der Waals surface area contributed by atoms with Crippen LogP contribution in [0.5, 0.6) is 0 Å². The number of nitrogens with one attached hydrogen (secondary N) is 1. The lowest BCUT2D eigenvalue weighted by molar-refractivity contribution is -0.120. The first-order chi connectivity index (χ1) is 11.6. The van der Waals surface area contributed by atoms with Crippen molar-refractivity contribution < 1.29 is 4.79 Å². The van der Waals surface area contributed by atoms with Crippen LogP contribution in [0.4, 0.5) is 0 Å². The van der Waals surface area contributed by atoms with Gasteiger partial charge < -0.3 is 5.32 Å². The molecule has 0 aliphatic heterocycles. The van der Waals surface area contributed by atoms with Crippen LogP contribution < -0.4 is 5.32 Å². The van der Waals surface area contributed by atoms with Gasteiger partial charge in [-0.25, -0.2) is 4.98 Å². The van der Waals surface area contributed by atoms with Gasteiger partial charge in [0.25, 0.3) is 0 Å². The highest BCUT2D eigenvalue weighted by Gasteiger charge is 2.07. The van der Waals surface area contributed by atoms with E-state index in [2.05, 4.69) is 27.8 Å². The third kappa shape index (κ3) is 4.66. The summed E-state index contributed by atoms with van der Waals surface area (Å²) in [7, 11) is 0. The molecule has 0 atom stereocenters. The van der Waals surface area contributed by atoms with Gasteiger partial charge in [-0.05, 0) is 43.2 Å². The molecule has 2 aromatic heterocycles. The lowest BCUT2D eigenvalue weighted by Crippen LogP contribution is -2.27. The molecule has 124 valence electrons. The third-order valence-corrected chi connectivity index (χ3v) is 5.70. The van der Waals surface area contributed by atoms with Gasteiger partial charge in [0.1, 0.15) is 0 Å². The van der Waals surface area contributed by atoms with Crippen LogP contribution in [-0.4, -0.2) is 17.4 Å². The Labute approximate surface area is 154 Å². The fourth-order valence-corrected chi connectivity index (χ4v) is 4.08. The van der Waals surface area contributed by atoms with Crippen molar-refractivity contribution in [1.29, 1.82) is 0 Å². The highest BCUT2D eigenvalue weighted by atomic mass is 35.5. The summed E-state index contributed by atoms with van der Waals surface area (Å²) in [4.78, 5) is 18.9. The van der Waals surface area contributed by atoms with Crippen LogP contribution in [0, 0.1) is 6.92 Å². The minimum absolute atomic E-state index is 0.0317. The van der Waals surface area contributed by atoms with E-state index in [1.807, 2.05) is 19.1 Å². The SMILES string of the molecule is Cc1nc(-c2ccc(CCNC(=O)Cc3ccc(Cl)cc3)s2)cs1. The zero-order valence-electron chi connectivity index (χ0n) is 13.2. The molecule has 0 saturated carbocycles. The minimum atomic E-state index is 0.0317. The maximum Gasteiger partial charge on any atom is 0.224 e. The van der Waals surface area contributed by atoms with E-state index in [-0.39, 0.29) is 5.91 Å². The van der Waals surface area contributed by atoms with E-state index in [9.17, 15) is 4.79 Å². The molecule has 0 saturated heterocycles. The monoisotopic (exact) mass is 376 g/mol. The van der Waals surface area contributed by atoms with Gasteiger partial charge in [-0.15, -0.1) is 22.7 Å². The van der Waals surface area contributed by atoms with E-state index < -0.39 is 0 Å². The first-order valence-corrected chi connectivity index (χ1v) is 9.70. The first kappa shape index (κ1) is 17.1.